The van der Waals surface area contributed by atoms with Gasteiger partial charge in [-0.3, -0.25) is 5.10 Å². The van der Waals surface area contributed by atoms with E-state index in [2.05, 4.69) is 20.5 Å². The Morgan fingerprint density at radius 1 is 1.29 bits per heavy atom. The van der Waals surface area contributed by atoms with Gasteiger partial charge in [0.1, 0.15) is 12.2 Å². The van der Waals surface area contributed by atoms with Crippen LogP contribution in [0.1, 0.15) is 24.7 Å². The molecule has 0 bridgehead atoms. The fraction of sp³-hybridized carbons (Fsp3) is 0.467. The Hall–Kier alpha value is -2.08. The minimum Gasteiger partial charge on any atom is -0.493 e. The molecule has 1 aromatic carbocycles. The molecule has 2 rings (SSSR count). The number of benzene rings is 1. The van der Waals surface area contributed by atoms with Gasteiger partial charge in [-0.2, -0.15) is 5.10 Å². The largest absolute Gasteiger partial charge is 0.493 e. The van der Waals surface area contributed by atoms with E-state index >= 15 is 0 Å². The molecular weight excluding hydrogens is 268 g/mol. The van der Waals surface area contributed by atoms with Gasteiger partial charge in [0, 0.05) is 13.0 Å². The van der Waals surface area contributed by atoms with Crippen LogP contribution in [0.5, 0.6) is 11.5 Å². The van der Waals surface area contributed by atoms with Crippen LogP contribution in [0.2, 0.25) is 0 Å². The van der Waals surface area contributed by atoms with E-state index in [1.54, 1.807) is 7.11 Å². The first-order valence-corrected chi connectivity index (χ1v) is 7.18. The Kier molecular flexibility index (Phi) is 6.02. The number of hydrogen-bond donors (Lipinski definition) is 2. The number of methoxy groups -OCH3 is 1. The van der Waals surface area contributed by atoms with E-state index in [1.165, 1.54) is 11.9 Å². The van der Waals surface area contributed by atoms with Gasteiger partial charge in [-0.15, -0.1) is 0 Å². The predicted octanol–water partition coefficient (Wildman–Crippen LogP) is 1.93. The molecule has 6 heteroatoms. The third-order valence-electron chi connectivity index (χ3n) is 3.09. The first-order valence-electron chi connectivity index (χ1n) is 7.18. The van der Waals surface area contributed by atoms with Crippen molar-refractivity contribution >= 4 is 0 Å². The Bertz CT molecular complexity index is 528. The molecule has 0 saturated heterocycles. The highest BCUT2D eigenvalue weighted by Crippen LogP contribution is 2.27. The van der Waals surface area contributed by atoms with Crippen LogP contribution in [0.15, 0.2) is 24.5 Å². The zero-order valence-electron chi connectivity index (χ0n) is 12.6. The Labute approximate surface area is 124 Å². The van der Waals surface area contributed by atoms with Gasteiger partial charge >= 0.3 is 0 Å². The molecule has 1 aromatic heterocycles. The smallest absolute Gasteiger partial charge is 0.161 e. The van der Waals surface area contributed by atoms with E-state index in [1.807, 2.05) is 25.1 Å². The van der Waals surface area contributed by atoms with Gasteiger partial charge in [-0.05, 0) is 37.6 Å². The maximum atomic E-state index is 5.57. The van der Waals surface area contributed by atoms with Crippen molar-refractivity contribution < 1.29 is 9.47 Å². The summed E-state index contributed by atoms with van der Waals surface area (Å²) in [4.78, 5) is 4.10. The molecule has 2 aromatic rings. The van der Waals surface area contributed by atoms with Crippen molar-refractivity contribution in [3.63, 3.8) is 0 Å². The van der Waals surface area contributed by atoms with E-state index in [4.69, 9.17) is 9.47 Å². The van der Waals surface area contributed by atoms with Crippen LogP contribution in [0, 0.1) is 0 Å². The van der Waals surface area contributed by atoms with Gasteiger partial charge in [-0.25, -0.2) is 4.98 Å². The molecule has 0 radical (unpaired) electrons. The van der Waals surface area contributed by atoms with Gasteiger partial charge in [-0.1, -0.05) is 6.07 Å². The molecule has 0 saturated carbocycles. The normalized spacial score (nSPS) is 10.6. The molecule has 0 unspecified atom stereocenters. The summed E-state index contributed by atoms with van der Waals surface area (Å²) in [6.07, 6.45) is 3.46. The SMILES string of the molecule is CCOc1cc(CNCCCc2ncn[nH]2)ccc1OC. The average Bonchev–Trinajstić information content (AvgIpc) is 3.01. The number of ether oxygens (including phenoxy) is 2. The lowest BCUT2D eigenvalue weighted by Crippen LogP contribution is -2.15. The number of hydrogen-bond acceptors (Lipinski definition) is 5. The minimum absolute atomic E-state index is 0.629. The molecule has 1 heterocycles. The second-order valence-electron chi connectivity index (χ2n) is 4.63. The third kappa shape index (κ3) is 4.75. The lowest BCUT2D eigenvalue weighted by Gasteiger charge is -2.11. The number of H-pyrrole nitrogens is 1. The zero-order valence-corrected chi connectivity index (χ0v) is 12.6. The first kappa shape index (κ1) is 15.3. The highest BCUT2D eigenvalue weighted by molar-refractivity contribution is 5.42. The van der Waals surface area contributed by atoms with E-state index in [-0.39, 0.29) is 0 Å². The highest BCUT2D eigenvalue weighted by atomic mass is 16.5. The van der Waals surface area contributed by atoms with Crippen molar-refractivity contribution in [2.45, 2.75) is 26.3 Å². The predicted molar refractivity (Wildman–Crippen MR) is 80.6 cm³/mol. The standard InChI is InChI=1S/C15H22N4O2/c1-3-21-14-9-12(6-7-13(14)20-2)10-16-8-4-5-15-17-11-18-19-15/h6-7,9,11,16H,3-5,8,10H2,1-2H3,(H,17,18,19). The molecule has 21 heavy (non-hydrogen) atoms. The Morgan fingerprint density at radius 2 is 2.19 bits per heavy atom. The second kappa shape index (κ2) is 8.26. The monoisotopic (exact) mass is 290 g/mol. The molecule has 114 valence electrons. The molecule has 0 fully saturated rings. The molecule has 2 N–H and O–H groups in total. The highest BCUT2D eigenvalue weighted by Gasteiger charge is 2.05. The molecule has 0 aliphatic rings. The van der Waals surface area contributed by atoms with E-state index < -0.39 is 0 Å². The molecule has 0 spiro atoms. The third-order valence-corrected chi connectivity index (χ3v) is 3.09. The Balaban J connectivity index is 1.76. The van der Waals surface area contributed by atoms with Crippen molar-refractivity contribution in [2.75, 3.05) is 20.3 Å². The minimum atomic E-state index is 0.629. The lowest BCUT2D eigenvalue weighted by molar-refractivity contribution is 0.310. The number of aromatic amines is 1. The lowest BCUT2D eigenvalue weighted by atomic mass is 10.2. The van der Waals surface area contributed by atoms with Crippen molar-refractivity contribution in [3.8, 4) is 11.5 Å². The quantitative estimate of drug-likeness (QED) is 0.690. The first-order chi connectivity index (χ1) is 10.3. The van der Waals surface area contributed by atoms with Crippen LogP contribution in [0.3, 0.4) is 0 Å². The van der Waals surface area contributed by atoms with Crippen molar-refractivity contribution in [1.29, 1.82) is 0 Å². The van der Waals surface area contributed by atoms with E-state index in [0.29, 0.717) is 6.61 Å². The average molecular weight is 290 g/mol. The maximum Gasteiger partial charge on any atom is 0.161 e. The maximum absolute atomic E-state index is 5.57. The van der Waals surface area contributed by atoms with Crippen molar-refractivity contribution in [2.24, 2.45) is 0 Å². The van der Waals surface area contributed by atoms with Crippen molar-refractivity contribution in [3.05, 3.63) is 35.9 Å². The van der Waals surface area contributed by atoms with Gasteiger partial charge in [0.15, 0.2) is 11.5 Å². The van der Waals surface area contributed by atoms with E-state index in [9.17, 15) is 0 Å². The molecule has 0 atom stereocenters. The Morgan fingerprint density at radius 3 is 2.90 bits per heavy atom. The second-order valence-corrected chi connectivity index (χ2v) is 4.63. The summed E-state index contributed by atoms with van der Waals surface area (Å²) in [5.41, 5.74) is 1.18. The summed E-state index contributed by atoms with van der Waals surface area (Å²) in [6, 6.07) is 6.01. The van der Waals surface area contributed by atoms with Gasteiger partial charge in [0.2, 0.25) is 0 Å². The zero-order chi connectivity index (χ0) is 14.9. The topological polar surface area (TPSA) is 72.1 Å². The van der Waals surface area contributed by atoms with Gasteiger partial charge in [0.25, 0.3) is 0 Å². The summed E-state index contributed by atoms with van der Waals surface area (Å²) in [7, 11) is 1.65. The van der Waals surface area contributed by atoms with Crippen LogP contribution in [0.4, 0.5) is 0 Å². The summed E-state index contributed by atoms with van der Waals surface area (Å²) < 4.78 is 10.8. The molecule has 0 aliphatic heterocycles. The number of aromatic nitrogens is 3. The van der Waals surface area contributed by atoms with Crippen LogP contribution in [-0.2, 0) is 13.0 Å². The number of nitrogens with one attached hydrogen (secondary N) is 2. The molecule has 0 amide bonds. The summed E-state index contributed by atoms with van der Waals surface area (Å²) in [5, 5.41) is 10.1. The molecular formula is C15H22N4O2. The fourth-order valence-corrected chi connectivity index (χ4v) is 2.06. The van der Waals surface area contributed by atoms with Gasteiger partial charge < -0.3 is 14.8 Å². The van der Waals surface area contributed by atoms with E-state index in [0.717, 1.165) is 43.3 Å². The van der Waals surface area contributed by atoms with Crippen LogP contribution in [-0.4, -0.2) is 35.4 Å². The fourth-order valence-electron chi connectivity index (χ4n) is 2.06. The molecule has 6 nitrogen and oxygen atoms in total. The van der Waals surface area contributed by atoms with Crippen LogP contribution < -0.4 is 14.8 Å². The number of rotatable bonds is 9. The van der Waals surface area contributed by atoms with Crippen molar-refractivity contribution in [1.82, 2.24) is 20.5 Å². The van der Waals surface area contributed by atoms with Crippen LogP contribution >= 0.6 is 0 Å². The summed E-state index contributed by atoms with van der Waals surface area (Å²) in [5.74, 6) is 2.49. The number of nitrogens with zero attached hydrogens (tertiary/aromatic N) is 2. The molecule has 0 aliphatic carbocycles. The summed E-state index contributed by atoms with van der Waals surface area (Å²) >= 11 is 0. The summed E-state index contributed by atoms with van der Waals surface area (Å²) in [6.45, 7) is 4.33. The van der Waals surface area contributed by atoms with Crippen LogP contribution in [0.25, 0.3) is 0 Å². The number of aryl methyl sites for hydroxylation is 1. The van der Waals surface area contributed by atoms with Gasteiger partial charge in [0.05, 0.1) is 13.7 Å².